The Hall–Kier alpha value is -0.810. The molecule has 0 saturated carbocycles. The number of fused-ring (bicyclic) bond motifs is 2. The summed E-state index contributed by atoms with van der Waals surface area (Å²) in [7, 11) is 0. The Bertz CT molecular complexity index is 491. The van der Waals surface area contributed by atoms with E-state index >= 15 is 0 Å². The van der Waals surface area contributed by atoms with E-state index in [-0.39, 0.29) is 11.8 Å². The van der Waals surface area contributed by atoms with Crippen LogP contribution in [-0.2, 0) is 4.79 Å². The summed E-state index contributed by atoms with van der Waals surface area (Å²) in [6.45, 7) is 3.65. The fourth-order valence-corrected chi connectivity index (χ4v) is 4.30. The predicted molar refractivity (Wildman–Crippen MR) is 74.5 cm³/mol. The van der Waals surface area contributed by atoms with E-state index in [2.05, 4.69) is 16.6 Å². The highest BCUT2D eigenvalue weighted by atomic mass is 32.2. The van der Waals surface area contributed by atoms with Crippen LogP contribution in [0.15, 0.2) is 33.1 Å². The van der Waals surface area contributed by atoms with Gasteiger partial charge in [-0.25, -0.2) is 4.99 Å². The van der Waals surface area contributed by atoms with Gasteiger partial charge in [0.25, 0.3) is 5.91 Å². The first-order valence-corrected chi connectivity index (χ1v) is 7.44. The molecule has 17 heavy (non-hydrogen) atoms. The van der Waals surface area contributed by atoms with Gasteiger partial charge in [0.1, 0.15) is 5.92 Å². The third-order valence-corrected chi connectivity index (χ3v) is 5.11. The van der Waals surface area contributed by atoms with E-state index in [9.17, 15) is 4.79 Å². The maximum Gasteiger partial charge on any atom is 0.262 e. The number of amides is 1. The molecule has 1 amide bonds. The first kappa shape index (κ1) is 11.3. The number of aliphatic imine (C=N–C) groups is 2. The van der Waals surface area contributed by atoms with Crippen molar-refractivity contribution in [1.29, 1.82) is 0 Å². The van der Waals surface area contributed by atoms with Crippen molar-refractivity contribution in [2.24, 2.45) is 15.9 Å². The number of rotatable bonds is 2. The number of nitrogens with zero attached hydrogens (tertiary/aromatic N) is 2. The Kier molecular flexibility index (Phi) is 2.96. The lowest BCUT2D eigenvalue weighted by Gasteiger charge is -2.15. The molecule has 0 spiro atoms. The molecule has 0 N–H and O–H groups in total. The van der Waals surface area contributed by atoms with Gasteiger partial charge in [0, 0.05) is 5.75 Å². The zero-order valence-corrected chi connectivity index (χ0v) is 10.9. The second-order valence-corrected chi connectivity index (χ2v) is 6.22. The Balaban J connectivity index is 1.85. The molecule has 1 unspecified atom stereocenters. The fourth-order valence-electron chi connectivity index (χ4n) is 2.31. The number of carbonyl (C=O) groups excluding carboxylic acids is 1. The Labute approximate surface area is 109 Å². The van der Waals surface area contributed by atoms with Crippen molar-refractivity contribution in [3.8, 4) is 0 Å². The normalized spacial score (nSPS) is 26.6. The summed E-state index contributed by atoms with van der Waals surface area (Å²) in [6.07, 6.45) is 5.13. The molecule has 0 aromatic carbocycles. The van der Waals surface area contributed by atoms with Gasteiger partial charge < -0.3 is 0 Å². The van der Waals surface area contributed by atoms with Crippen LogP contribution in [0.5, 0.6) is 0 Å². The molecular formula is C12H12N2OS2. The highest BCUT2D eigenvalue weighted by Gasteiger charge is 2.41. The zero-order chi connectivity index (χ0) is 11.8. The molecule has 0 aromatic rings. The smallest absolute Gasteiger partial charge is 0.262 e. The van der Waals surface area contributed by atoms with E-state index in [1.807, 2.05) is 0 Å². The number of hydrogen-bond acceptors (Lipinski definition) is 4. The van der Waals surface area contributed by atoms with Crippen molar-refractivity contribution in [1.82, 2.24) is 0 Å². The van der Waals surface area contributed by atoms with Crippen LogP contribution in [0, 0.1) is 5.92 Å². The van der Waals surface area contributed by atoms with Gasteiger partial charge >= 0.3 is 0 Å². The number of carbonyl (C=O) groups is 1. The van der Waals surface area contributed by atoms with E-state index < -0.39 is 0 Å². The Morgan fingerprint density at radius 2 is 2.35 bits per heavy atom. The second-order valence-electron chi connectivity index (χ2n) is 4.12. The van der Waals surface area contributed by atoms with E-state index in [0.717, 1.165) is 23.6 Å². The molecule has 2 heterocycles. The molecule has 0 radical (unpaired) electrons. The molecule has 88 valence electrons. The van der Waals surface area contributed by atoms with E-state index in [1.165, 1.54) is 28.7 Å². The van der Waals surface area contributed by atoms with E-state index in [0.29, 0.717) is 5.17 Å². The molecule has 1 aliphatic carbocycles. The molecule has 0 aromatic heterocycles. The van der Waals surface area contributed by atoms with E-state index in [1.54, 1.807) is 17.8 Å². The summed E-state index contributed by atoms with van der Waals surface area (Å²) >= 11 is 3.16. The lowest BCUT2D eigenvalue weighted by Crippen LogP contribution is -2.24. The lowest BCUT2D eigenvalue weighted by atomic mass is 9.98. The lowest BCUT2D eigenvalue weighted by molar-refractivity contribution is -0.118. The SMILES string of the molecule is C=CCSC1=NC(=O)C2C(=N1)SC1=C2CCC1. The van der Waals surface area contributed by atoms with Crippen molar-refractivity contribution in [2.45, 2.75) is 19.3 Å². The van der Waals surface area contributed by atoms with Gasteiger partial charge in [0.2, 0.25) is 0 Å². The number of thioether (sulfide) groups is 2. The first-order chi connectivity index (χ1) is 8.29. The maximum absolute atomic E-state index is 12.0. The van der Waals surface area contributed by atoms with Crippen molar-refractivity contribution in [2.75, 3.05) is 5.75 Å². The molecule has 0 bridgehead atoms. The molecule has 0 saturated heterocycles. The summed E-state index contributed by atoms with van der Waals surface area (Å²) in [4.78, 5) is 22.0. The van der Waals surface area contributed by atoms with Crippen LogP contribution >= 0.6 is 23.5 Å². The van der Waals surface area contributed by atoms with Crippen molar-refractivity contribution in [3.05, 3.63) is 23.1 Å². The quantitative estimate of drug-likeness (QED) is 0.720. The van der Waals surface area contributed by atoms with Crippen LogP contribution in [-0.4, -0.2) is 21.9 Å². The number of amidine groups is 1. The highest BCUT2D eigenvalue weighted by molar-refractivity contribution is 8.18. The Morgan fingerprint density at radius 1 is 1.47 bits per heavy atom. The topological polar surface area (TPSA) is 41.8 Å². The van der Waals surface area contributed by atoms with Crippen LogP contribution in [0.25, 0.3) is 0 Å². The molecule has 3 rings (SSSR count). The van der Waals surface area contributed by atoms with Gasteiger partial charge in [0.15, 0.2) is 5.17 Å². The minimum Gasteiger partial charge on any atom is -0.271 e. The largest absolute Gasteiger partial charge is 0.271 e. The van der Waals surface area contributed by atoms with Crippen molar-refractivity contribution >= 4 is 39.6 Å². The minimum atomic E-state index is -0.134. The van der Waals surface area contributed by atoms with Gasteiger partial charge in [-0.1, -0.05) is 29.6 Å². The monoisotopic (exact) mass is 264 g/mol. The molecular weight excluding hydrogens is 252 g/mol. The van der Waals surface area contributed by atoms with Gasteiger partial charge in [-0.05, 0) is 29.7 Å². The summed E-state index contributed by atoms with van der Waals surface area (Å²) in [5.41, 5.74) is 1.29. The van der Waals surface area contributed by atoms with Crippen molar-refractivity contribution < 1.29 is 4.79 Å². The van der Waals surface area contributed by atoms with Gasteiger partial charge in [0.05, 0.1) is 5.04 Å². The number of hydrogen-bond donors (Lipinski definition) is 0. The average Bonchev–Trinajstić information content (AvgIpc) is 2.85. The summed E-state index contributed by atoms with van der Waals surface area (Å²) in [5.74, 6) is 0.581. The highest BCUT2D eigenvalue weighted by Crippen LogP contribution is 2.48. The van der Waals surface area contributed by atoms with E-state index in [4.69, 9.17) is 0 Å². The molecule has 0 fully saturated rings. The Morgan fingerprint density at radius 3 is 3.18 bits per heavy atom. The summed E-state index contributed by atoms with van der Waals surface area (Å²) in [6, 6.07) is 0. The molecule has 2 aliphatic heterocycles. The molecule has 1 atom stereocenters. The summed E-state index contributed by atoms with van der Waals surface area (Å²) in [5, 5.41) is 1.54. The fraction of sp³-hybridized carbons (Fsp3) is 0.417. The standard InChI is InChI=1S/C12H12N2OS2/c1-2-6-16-12-13-10(15)9-7-4-3-5-8(7)17-11(9)14-12/h2,9H,1,3-6H2. The minimum absolute atomic E-state index is 0.0269. The molecule has 5 heteroatoms. The molecule has 3 aliphatic rings. The van der Waals surface area contributed by atoms with Crippen LogP contribution in [0.1, 0.15) is 19.3 Å². The summed E-state index contributed by atoms with van der Waals surface area (Å²) < 4.78 is 0. The van der Waals surface area contributed by atoms with Crippen LogP contribution in [0.4, 0.5) is 0 Å². The average molecular weight is 264 g/mol. The first-order valence-electron chi connectivity index (χ1n) is 5.64. The molecule has 3 nitrogen and oxygen atoms in total. The third kappa shape index (κ3) is 1.91. The third-order valence-electron chi connectivity index (χ3n) is 3.02. The van der Waals surface area contributed by atoms with Crippen LogP contribution in [0.3, 0.4) is 0 Å². The van der Waals surface area contributed by atoms with Gasteiger partial charge in [-0.15, -0.1) is 6.58 Å². The van der Waals surface area contributed by atoms with Gasteiger partial charge in [-0.2, -0.15) is 4.99 Å². The van der Waals surface area contributed by atoms with Gasteiger partial charge in [-0.3, -0.25) is 4.79 Å². The second kappa shape index (κ2) is 4.46. The van der Waals surface area contributed by atoms with Crippen molar-refractivity contribution in [3.63, 3.8) is 0 Å². The van der Waals surface area contributed by atoms with Crippen LogP contribution < -0.4 is 0 Å². The van der Waals surface area contributed by atoms with Crippen LogP contribution in [0.2, 0.25) is 0 Å². The number of allylic oxidation sites excluding steroid dienone is 1. The predicted octanol–water partition coefficient (Wildman–Crippen LogP) is 3.00. The maximum atomic E-state index is 12.0. The zero-order valence-electron chi connectivity index (χ0n) is 9.31.